The normalized spacial score (nSPS) is 23.8. The fourth-order valence-corrected chi connectivity index (χ4v) is 3.16. The van der Waals surface area contributed by atoms with E-state index >= 15 is 0 Å². The minimum Gasteiger partial charge on any atom is -0.334 e. The number of carbonyl (C=O) groups excluding carboxylic acids is 1. The number of rotatable bonds is 3. The Morgan fingerprint density at radius 1 is 1.35 bits per heavy atom. The van der Waals surface area contributed by atoms with Crippen LogP contribution in [0.1, 0.15) is 55.3 Å². The van der Waals surface area contributed by atoms with Crippen molar-refractivity contribution in [2.24, 2.45) is 5.73 Å². The fraction of sp³-hybridized carbons (Fsp3) is 0.588. The molecule has 1 aromatic carbocycles. The smallest absolute Gasteiger partial charge is 0.223 e. The van der Waals surface area contributed by atoms with Gasteiger partial charge in [-0.1, -0.05) is 30.7 Å². The lowest BCUT2D eigenvalue weighted by Gasteiger charge is -2.35. The molecule has 3 nitrogen and oxygen atoms in total. The molecular weight excluding hydrogens is 248 g/mol. The van der Waals surface area contributed by atoms with E-state index in [1.54, 1.807) is 0 Å². The lowest BCUT2D eigenvalue weighted by Crippen LogP contribution is -2.42. The molecule has 2 atom stereocenters. The Morgan fingerprint density at radius 3 is 2.80 bits per heavy atom. The van der Waals surface area contributed by atoms with Crippen LogP contribution in [-0.4, -0.2) is 23.4 Å². The van der Waals surface area contributed by atoms with Gasteiger partial charge in [0, 0.05) is 19.0 Å². The van der Waals surface area contributed by atoms with Gasteiger partial charge in [-0.2, -0.15) is 0 Å². The van der Waals surface area contributed by atoms with Gasteiger partial charge < -0.3 is 10.6 Å². The first-order valence-corrected chi connectivity index (χ1v) is 7.66. The third-order valence-corrected chi connectivity index (χ3v) is 4.21. The zero-order valence-corrected chi connectivity index (χ0v) is 12.9. The summed E-state index contributed by atoms with van der Waals surface area (Å²) >= 11 is 0. The van der Waals surface area contributed by atoms with Crippen LogP contribution in [0.25, 0.3) is 0 Å². The lowest BCUT2D eigenvalue weighted by atomic mass is 9.91. The highest BCUT2D eigenvalue weighted by Crippen LogP contribution is 2.32. The van der Waals surface area contributed by atoms with Gasteiger partial charge in [0.1, 0.15) is 0 Å². The van der Waals surface area contributed by atoms with Gasteiger partial charge in [0.2, 0.25) is 5.91 Å². The first kappa shape index (κ1) is 15.0. The zero-order valence-electron chi connectivity index (χ0n) is 12.9. The molecule has 0 radical (unpaired) electrons. The first-order valence-electron chi connectivity index (χ1n) is 7.66. The summed E-state index contributed by atoms with van der Waals surface area (Å²) in [6, 6.07) is 6.52. The van der Waals surface area contributed by atoms with Gasteiger partial charge in [0.25, 0.3) is 0 Å². The standard InChI is InChI=1S/C17H26N2O/c1-4-10-19-16(20)7-5-6-15(18)17(19)14-11-12(2)8-9-13(14)3/h8-9,11,15,17H,4-7,10,18H2,1-3H3. The van der Waals surface area contributed by atoms with Crippen molar-refractivity contribution in [1.82, 2.24) is 4.90 Å². The summed E-state index contributed by atoms with van der Waals surface area (Å²) < 4.78 is 0. The van der Waals surface area contributed by atoms with E-state index in [-0.39, 0.29) is 18.0 Å². The summed E-state index contributed by atoms with van der Waals surface area (Å²) in [5.41, 5.74) is 10.1. The second-order valence-electron chi connectivity index (χ2n) is 5.95. The minimum absolute atomic E-state index is 0.0323. The van der Waals surface area contributed by atoms with E-state index in [4.69, 9.17) is 5.73 Å². The summed E-state index contributed by atoms with van der Waals surface area (Å²) in [6.45, 7) is 7.12. The number of likely N-dealkylation sites (tertiary alicyclic amines) is 1. The third kappa shape index (κ3) is 3.04. The van der Waals surface area contributed by atoms with Crippen molar-refractivity contribution >= 4 is 5.91 Å². The molecule has 2 unspecified atom stereocenters. The predicted molar refractivity (Wildman–Crippen MR) is 82.5 cm³/mol. The highest BCUT2D eigenvalue weighted by atomic mass is 16.2. The summed E-state index contributed by atoms with van der Waals surface area (Å²) in [6.07, 6.45) is 3.43. The number of aryl methyl sites for hydroxylation is 2. The van der Waals surface area contributed by atoms with E-state index in [1.807, 2.05) is 4.90 Å². The molecule has 1 saturated heterocycles. The lowest BCUT2D eigenvalue weighted by molar-refractivity contribution is -0.133. The van der Waals surface area contributed by atoms with E-state index in [2.05, 4.69) is 39.0 Å². The Kier molecular flexibility index (Phi) is 4.81. The Morgan fingerprint density at radius 2 is 2.10 bits per heavy atom. The second-order valence-corrected chi connectivity index (χ2v) is 5.95. The number of nitrogens with two attached hydrogens (primary N) is 1. The summed E-state index contributed by atoms with van der Waals surface area (Å²) in [4.78, 5) is 14.4. The van der Waals surface area contributed by atoms with Crippen molar-refractivity contribution < 1.29 is 4.79 Å². The second kappa shape index (κ2) is 6.40. The molecule has 2 N–H and O–H groups in total. The van der Waals surface area contributed by atoms with Crippen molar-refractivity contribution in [3.05, 3.63) is 34.9 Å². The average molecular weight is 274 g/mol. The van der Waals surface area contributed by atoms with Crippen LogP contribution in [0.3, 0.4) is 0 Å². The average Bonchev–Trinajstić information content (AvgIpc) is 2.54. The van der Waals surface area contributed by atoms with Gasteiger partial charge in [-0.05, 0) is 44.2 Å². The number of hydrogen-bond acceptors (Lipinski definition) is 2. The van der Waals surface area contributed by atoms with E-state index in [1.165, 1.54) is 16.7 Å². The molecule has 110 valence electrons. The Labute approximate surface area is 122 Å². The van der Waals surface area contributed by atoms with E-state index in [0.29, 0.717) is 6.42 Å². The van der Waals surface area contributed by atoms with Crippen LogP contribution in [0.4, 0.5) is 0 Å². The Bertz CT molecular complexity index is 484. The number of carbonyl (C=O) groups is 1. The Hall–Kier alpha value is -1.35. The highest BCUT2D eigenvalue weighted by Gasteiger charge is 2.33. The SMILES string of the molecule is CCCN1C(=O)CCCC(N)C1c1cc(C)ccc1C. The number of nitrogens with zero attached hydrogens (tertiary/aromatic N) is 1. The maximum Gasteiger partial charge on any atom is 0.223 e. The van der Waals surface area contributed by atoms with E-state index in [9.17, 15) is 4.79 Å². The van der Waals surface area contributed by atoms with Crippen LogP contribution in [0.2, 0.25) is 0 Å². The van der Waals surface area contributed by atoms with Crippen molar-refractivity contribution in [2.75, 3.05) is 6.54 Å². The summed E-state index contributed by atoms with van der Waals surface area (Å²) in [5, 5.41) is 0. The van der Waals surface area contributed by atoms with Crippen molar-refractivity contribution in [3.63, 3.8) is 0 Å². The molecule has 1 amide bonds. The van der Waals surface area contributed by atoms with E-state index < -0.39 is 0 Å². The molecule has 0 aliphatic carbocycles. The van der Waals surface area contributed by atoms with Crippen LogP contribution < -0.4 is 5.73 Å². The number of amides is 1. The van der Waals surface area contributed by atoms with Crippen molar-refractivity contribution in [1.29, 1.82) is 0 Å². The topological polar surface area (TPSA) is 46.3 Å². The zero-order chi connectivity index (χ0) is 14.7. The molecule has 3 heteroatoms. The molecule has 20 heavy (non-hydrogen) atoms. The molecule has 1 heterocycles. The fourth-order valence-electron chi connectivity index (χ4n) is 3.16. The van der Waals surface area contributed by atoms with E-state index in [0.717, 1.165) is 25.8 Å². The molecule has 1 aromatic rings. The van der Waals surface area contributed by atoms with Crippen LogP contribution in [0, 0.1) is 13.8 Å². The first-order chi connectivity index (χ1) is 9.54. The third-order valence-electron chi connectivity index (χ3n) is 4.21. The van der Waals surface area contributed by atoms with Crippen LogP contribution >= 0.6 is 0 Å². The van der Waals surface area contributed by atoms with Crippen molar-refractivity contribution in [3.8, 4) is 0 Å². The van der Waals surface area contributed by atoms with Gasteiger partial charge >= 0.3 is 0 Å². The van der Waals surface area contributed by atoms with Gasteiger partial charge in [0.15, 0.2) is 0 Å². The number of hydrogen-bond donors (Lipinski definition) is 1. The molecule has 1 fully saturated rings. The van der Waals surface area contributed by atoms with Gasteiger partial charge in [-0.25, -0.2) is 0 Å². The minimum atomic E-state index is 0.0323. The molecule has 1 aliphatic heterocycles. The summed E-state index contributed by atoms with van der Waals surface area (Å²) in [7, 11) is 0. The monoisotopic (exact) mass is 274 g/mol. The van der Waals surface area contributed by atoms with Gasteiger partial charge in [0.05, 0.1) is 6.04 Å². The van der Waals surface area contributed by atoms with Crippen molar-refractivity contribution in [2.45, 2.75) is 58.5 Å². The molecule has 0 spiro atoms. The Balaban J connectivity index is 2.45. The molecule has 0 aromatic heterocycles. The van der Waals surface area contributed by atoms with Crippen LogP contribution in [0.15, 0.2) is 18.2 Å². The number of benzene rings is 1. The van der Waals surface area contributed by atoms with Crippen LogP contribution in [0.5, 0.6) is 0 Å². The quantitative estimate of drug-likeness (QED) is 0.920. The molecule has 0 bridgehead atoms. The van der Waals surface area contributed by atoms with Gasteiger partial charge in [-0.15, -0.1) is 0 Å². The van der Waals surface area contributed by atoms with Gasteiger partial charge in [-0.3, -0.25) is 4.79 Å². The molecule has 2 rings (SSSR count). The largest absolute Gasteiger partial charge is 0.334 e. The highest BCUT2D eigenvalue weighted by molar-refractivity contribution is 5.77. The predicted octanol–water partition coefficient (Wildman–Crippen LogP) is 3.09. The maximum atomic E-state index is 12.4. The van der Waals surface area contributed by atoms with Crippen LogP contribution in [-0.2, 0) is 4.79 Å². The molecular formula is C17H26N2O. The summed E-state index contributed by atoms with van der Waals surface area (Å²) in [5.74, 6) is 0.255. The maximum absolute atomic E-state index is 12.4. The molecule has 0 saturated carbocycles. The molecule has 1 aliphatic rings.